The van der Waals surface area contributed by atoms with Gasteiger partial charge in [-0.05, 0) is 58.7 Å². The van der Waals surface area contributed by atoms with Crippen LogP contribution in [0.25, 0.3) is 0 Å². The molecule has 1 amide bonds. The van der Waals surface area contributed by atoms with Crippen LogP contribution in [0, 0.1) is 6.92 Å². The molecule has 0 aliphatic carbocycles. The molecule has 0 saturated heterocycles. The fraction of sp³-hybridized carbons (Fsp3) is 0.188. The number of hydrogen-bond donors (Lipinski definition) is 2. The first kappa shape index (κ1) is 16.6. The van der Waals surface area contributed by atoms with Crippen molar-refractivity contribution in [2.45, 2.75) is 6.92 Å². The molecule has 0 aromatic heterocycles. The van der Waals surface area contributed by atoms with E-state index in [1.54, 1.807) is 25.3 Å². The number of amides is 1. The molecule has 0 radical (unpaired) electrons. The molecule has 2 N–H and O–H groups in total. The van der Waals surface area contributed by atoms with Crippen molar-refractivity contribution in [3.8, 4) is 5.75 Å². The van der Waals surface area contributed by atoms with Crippen LogP contribution < -0.4 is 15.4 Å². The van der Waals surface area contributed by atoms with Crippen molar-refractivity contribution in [3.05, 3.63) is 51.5 Å². The molecule has 0 aliphatic rings. The lowest BCUT2D eigenvalue weighted by atomic mass is 10.2. The Morgan fingerprint density at radius 2 is 2.00 bits per heavy atom. The molecule has 0 heterocycles. The zero-order valence-corrected chi connectivity index (χ0v) is 14.6. The van der Waals surface area contributed by atoms with Gasteiger partial charge in [0.1, 0.15) is 5.75 Å². The molecule has 2 aromatic rings. The van der Waals surface area contributed by atoms with Gasteiger partial charge in [0.25, 0.3) is 0 Å². The number of halogens is 2. The second-order valence-corrected chi connectivity index (χ2v) is 6.02. The van der Waals surface area contributed by atoms with Crippen molar-refractivity contribution in [3.63, 3.8) is 0 Å². The topological polar surface area (TPSA) is 50.4 Å². The van der Waals surface area contributed by atoms with Gasteiger partial charge in [0.05, 0.1) is 19.3 Å². The number of carbonyl (C=O) groups excluding carboxylic acids is 1. The van der Waals surface area contributed by atoms with E-state index in [-0.39, 0.29) is 12.5 Å². The lowest BCUT2D eigenvalue weighted by molar-refractivity contribution is -0.114. The van der Waals surface area contributed by atoms with E-state index in [1.165, 1.54) is 0 Å². The first-order valence-electron chi connectivity index (χ1n) is 6.63. The van der Waals surface area contributed by atoms with E-state index in [1.807, 2.05) is 25.1 Å². The van der Waals surface area contributed by atoms with E-state index in [0.717, 1.165) is 15.7 Å². The molecule has 2 aromatic carbocycles. The summed E-state index contributed by atoms with van der Waals surface area (Å²) in [5.41, 5.74) is 2.55. The fourth-order valence-electron chi connectivity index (χ4n) is 1.91. The highest BCUT2D eigenvalue weighted by molar-refractivity contribution is 9.10. The Labute approximate surface area is 142 Å². The summed E-state index contributed by atoms with van der Waals surface area (Å²) >= 11 is 9.40. The highest BCUT2D eigenvalue weighted by Crippen LogP contribution is 2.28. The van der Waals surface area contributed by atoms with Crippen molar-refractivity contribution in [2.24, 2.45) is 0 Å². The summed E-state index contributed by atoms with van der Waals surface area (Å²) < 4.78 is 6.11. The number of carbonyl (C=O) groups is 1. The molecule has 116 valence electrons. The maximum atomic E-state index is 12.1. The standard InChI is InChI=1S/C16H16BrClN2O2/c1-10-3-5-13(12(17)7-10)19-9-16(21)20-14-8-11(18)4-6-15(14)22-2/h3-8,19H,9H2,1-2H3,(H,20,21). The van der Waals surface area contributed by atoms with Gasteiger partial charge >= 0.3 is 0 Å². The zero-order chi connectivity index (χ0) is 16.1. The van der Waals surface area contributed by atoms with Gasteiger partial charge in [0.15, 0.2) is 0 Å². The largest absolute Gasteiger partial charge is 0.495 e. The summed E-state index contributed by atoms with van der Waals surface area (Å²) in [6.45, 7) is 2.14. The van der Waals surface area contributed by atoms with E-state index >= 15 is 0 Å². The monoisotopic (exact) mass is 382 g/mol. The lowest BCUT2D eigenvalue weighted by Crippen LogP contribution is -2.22. The van der Waals surface area contributed by atoms with Crippen LogP contribution >= 0.6 is 27.5 Å². The second kappa shape index (κ2) is 7.51. The molecule has 6 heteroatoms. The third-order valence-corrected chi connectivity index (χ3v) is 3.89. The Morgan fingerprint density at radius 3 is 2.68 bits per heavy atom. The van der Waals surface area contributed by atoms with E-state index in [2.05, 4.69) is 26.6 Å². The maximum absolute atomic E-state index is 12.1. The molecule has 4 nitrogen and oxygen atoms in total. The molecule has 22 heavy (non-hydrogen) atoms. The molecule has 0 aliphatic heterocycles. The van der Waals surface area contributed by atoms with E-state index in [9.17, 15) is 4.79 Å². The van der Waals surface area contributed by atoms with Gasteiger partial charge in [-0.2, -0.15) is 0 Å². The predicted molar refractivity (Wildman–Crippen MR) is 94.0 cm³/mol. The molecule has 0 bridgehead atoms. The van der Waals surface area contributed by atoms with Crippen molar-refractivity contribution in [1.82, 2.24) is 0 Å². The average molecular weight is 384 g/mol. The highest BCUT2D eigenvalue weighted by atomic mass is 79.9. The Kier molecular flexibility index (Phi) is 5.69. The summed E-state index contributed by atoms with van der Waals surface area (Å²) in [5.74, 6) is 0.377. The summed E-state index contributed by atoms with van der Waals surface area (Å²) in [4.78, 5) is 12.1. The predicted octanol–water partition coefficient (Wildman–Crippen LogP) is 4.47. The van der Waals surface area contributed by atoms with Crippen LogP contribution in [0.5, 0.6) is 5.75 Å². The normalized spacial score (nSPS) is 10.2. The van der Waals surface area contributed by atoms with Gasteiger partial charge in [-0.1, -0.05) is 17.7 Å². The summed E-state index contributed by atoms with van der Waals surface area (Å²) in [6.07, 6.45) is 0. The highest BCUT2D eigenvalue weighted by Gasteiger charge is 2.09. The van der Waals surface area contributed by atoms with Gasteiger partial charge in [-0.25, -0.2) is 0 Å². The van der Waals surface area contributed by atoms with Gasteiger partial charge in [0, 0.05) is 15.2 Å². The average Bonchev–Trinajstić information content (AvgIpc) is 2.46. The summed E-state index contributed by atoms with van der Waals surface area (Å²) in [5, 5.41) is 6.39. The van der Waals surface area contributed by atoms with Crippen LogP contribution in [0.15, 0.2) is 40.9 Å². The first-order valence-corrected chi connectivity index (χ1v) is 7.80. The molecule has 0 unspecified atom stereocenters. The third kappa shape index (κ3) is 4.39. The fourth-order valence-corrected chi connectivity index (χ4v) is 2.72. The van der Waals surface area contributed by atoms with Gasteiger partial charge < -0.3 is 15.4 Å². The maximum Gasteiger partial charge on any atom is 0.243 e. The lowest BCUT2D eigenvalue weighted by Gasteiger charge is -2.12. The molecular formula is C16H16BrClN2O2. The third-order valence-electron chi connectivity index (χ3n) is 3.00. The van der Waals surface area contributed by atoms with Gasteiger partial charge in [0.2, 0.25) is 5.91 Å². The Hall–Kier alpha value is -1.72. The SMILES string of the molecule is COc1ccc(Cl)cc1NC(=O)CNc1ccc(C)cc1Br. The molecule has 0 saturated carbocycles. The van der Waals surface area contributed by atoms with Gasteiger partial charge in [-0.3, -0.25) is 4.79 Å². The number of aryl methyl sites for hydroxylation is 1. The minimum absolute atomic E-state index is 0.136. The number of ether oxygens (including phenoxy) is 1. The molecule has 0 fully saturated rings. The smallest absolute Gasteiger partial charge is 0.243 e. The number of anilines is 2. The second-order valence-electron chi connectivity index (χ2n) is 4.73. The van der Waals surface area contributed by atoms with Crippen molar-refractivity contribution < 1.29 is 9.53 Å². The van der Waals surface area contributed by atoms with E-state index in [0.29, 0.717) is 16.5 Å². The van der Waals surface area contributed by atoms with Crippen molar-refractivity contribution in [2.75, 3.05) is 24.3 Å². The molecule has 0 spiro atoms. The number of nitrogens with one attached hydrogen (secondary N) is 2. The summed E-state index contributed by atoms with van der Waals surface area (Å²) in [7, 11) is 1.54. The first-order chi connectivity index (χ1) is 10.5. The molecular weight excluding hydrogens is 368 g/mol. The van der Waals surface area contributed by atoms with Gasteiger partial charge in [-0.15, -0.1) is 0 Å². The zero-order valence-electron chi connectivity index (χ0n) is 12.2. The number of benzene rings is 2. The van der Waals surface area contributed by atoms with Crippen LogP contribution in [0.3, 0.4) is 0 Å². The quantitative estimate of drug-likeness (QED) is 0.801. The molecule has 2 rings (SSSR count). The Morgan fingerprint density at radius 1 is 1.23 bits per heavy atom. The van der Waals surface area contributed by atoms with Crippen molar-refractivity contribution >= 4 is 44.8 Å². The van der Waals surface area contributed by atoms with Crippen LogP contribution in [0.1, 0.15) is 5.56 Å². The van der Waals surface area contributed by atoms with E-state index < -0.39 is 0 Å². The number of hydrogen-bond acceptors (Lipinski definition) is 3. The van der Waals surface area contributed by atoms with Crippen LogP contribution in [0.4, 0.5) is 11.4 Å². The molecule has 0 atom stereocenters. The minimum atomic E-state index is -0.187. The Bertz CT molecular complexity index is 692. The van der Waals surface area contributed by atoms with Crippen LogP contribution in [-0.4, -0.2) is 19.6 Å². The summed E-state index contributed by atoms with van der Waals surface area (Å²) in [6, 6.07) is 11.0. The van der Waals surface area contributed by atoms with E-state index in [4.69, 9.17) is 16.3 Å². The minimum Gasteiger partial charge on any atom is -0.495 e. The Balaban J connectivity index is 2.00. The number of rotatable bonds is 5. The van der Waals surface area contributed by atoms with Crippen LogP contribution in [-0.2, 0) is 4.79 Å². The number of methoxy groups -OCH3 is 1. The van der Waals surface area contributed by atoms with Crippen molar-refractivity contribution in [1.29, 1.82) is 0 Å². The van der Waals surface area contributed by atoms with Crippen LogP contribution in [0.2, 0.25) is 5.02 Å².